The Kier molecular flexibility index (Phi) is 4.71. The SMILES string of the molecule is Cc1ccc(N(CCC(=O)O)C(=O)Cc2ccn[nH]2)cc1. The summed E-state index contributed by atoms with van der Waals surface area (Å²) in [6.07, 6.45) is 1.65. The molecular formula is C15H17N3O3. The molecule has 1 heterocycles. The highest BCUT2D eigenvalue weighted by atomic mass is 16.4. The molecule has 0 aliphatic heterocycles. The second kappa shape index (κ2) is 6.69. The topological polar surface area (TPSA) is 86.3 Å². The van der Waals surface area contributed by atoms with E-state index in [0.29, 0.717) is 11.4 Å². The molecule has 0 aliphatic carbocycles. The molecule has 2 N–H and O–H groups in total. The van der Waals surface area contributed by atoms with Gasteiger partial charge in [-0.3, -0.25) is 14.7 Å². The summed E-state index contributed by atoms with van der Waals surface area (Å²) in [5, 5.41) is 15.4. The Morgan fingerprint density at radius 3 is 2.52 bits per heavy atom. The number of H-pyrrole nitrogens is 1. The van der Waals surface area contributed by atoms with E-state index in [9.17, 15) is 9.59 Å². The normalized spacial score (nSPS) is 10.3. The first-order chi connectivity index (χ1) is 10.1. The van der Waals surface area contributed by atoms with Crippen LogP contribution in [0.25, 0.3) is 0 Å². The Balaban J connectivity index is 2.16. The van der Waals surface area contributed by atoms with Crippen molar-refractivity contribution in [2.45, 2.75) is 19.8 Å². The highest BCUT2D eigenvalue weighted by molar-refractivity contribution is 5.95. The minimum Gasteiger partial charge on any atom is -0.481 e. The van der Waals surface area contributed by atoms with Gasteiger partial charge in [0.15, 0.2) is 0 Å². The second-order valence-electron chi connectivity index (χ2n) is 4.78. The first-order valence-corrected chi connectivity index (χ1v) is 6.63. The molecule has 0 aliphatic rings. The van der Waals surface area contributed by atoms with Gasteiger partial charge in [-0.1, -0.05) is 17.7 Å². The number of aryl methyl sites for hydroxylation is 1. The number of nitrogens with one attached hydrogen (secondary N) is 1. The standard InChI is InChI=1S/C15H17N3O3/c1-11-2-4-13(5-3-11)18(9-7-15(20)21)14(19)10-12-6-8-16-17-12/h2-6,8H,7,9-10H2,1H3,(H,16,17)(H,20,21). The van der Waals surface area contributed by atoms with E-state index in [1.54, 1.807) is 12.3 Å². The fourth-order valence-corrected chi connectivity index (χ4v) is 1.97. The number of amides is 1. The number of rotatable bonds is 6. The third kappa shape index (κ3) is 4.17. The number of aromatic nitrogens is 2. The fraction of sp³-hybridized carbons (Fsp3) is 0.267. The molecule has 2 rings (SSSR count). The lowest BCUT2D eigenvalue weighted by molar-refractivity contribution is -0.136. The van der Waals surface area contributed by atoms with Gasteiger partial charge in [0.2, 0.25) is 5.91 Å². The van der Waals surface area contributed by atoms with Crippen LogP contribution in [0, 0.1) is 6.92 Å². The molecule has 6 nitrogen and oxygen atoms in total. The largest absolute Gasteiger partial charge is 0.481 e. The van der Waals surface area contributed by atoms with Crippen molar-refractivity contribution in [1.82, 2.24) is 10.2 Å². The highest BCUT2D eigenvalue weighted by Gasteiger charge is 2.17. The highest BCUT2D eigenvalue weighted by Crippen LogP contribution is 2.17. The molecule has 0 unspecified atom stereocenters. The summed E-state index contributed by atoms with van der Waals surface area (Å²) in [5.74, 6) is -1.09. The lowest BCUT2D eigenvalue weighted by atomic mass is 10.2. The number of carboxylic acids is 1. The summed E-state index contributed by atoms with van der Waals surface area (Å²) in [6.45, 7) is 2.10. The molecular weight excluding hydrogens is 270 g/mol. The van der Waals surface area contributed by atoms with Crippen LogP contribution in [0.15, 0.2) is 36.5 Å². The van der Waals surface area contributed by atoms with Crippen LogP contribution in [0.2, 0.25) is 0 Å². The lowest BCUT2D eigenvalue weighted by Gasteiger charge is -2.22. The smallest absolute Gasteiger partial charge is 0.305 e. The third-order valence-electron chi connectivity index (χ3n) is 3.10. The summed E-state index contributed by atoms with van der Waals surface area (Å²) in [5.41, 5.74) is 2.48. The van der Waals surface area contributed by atoms with Crippen molar-refractivity contribution in [3.8, 4) is 0 Å². The maximum atomic E-state index is 12.4. The molecule has 0 saturated heterocycles. The van der Waals surface area contributed by atoms with E-state index < -0.39 is 5.97 Å². The molecule has 2 aromatic rings. The van der Waals surface area contributed by atoms with Gasteiger partial charge in [0.25, 0.3) is 0 Å². The van der Waals surface area contributed by atoms with Crippen molar-refractivity contribution in [2.75, 3.05) is 11.4 Å². The Morgan fingerprint density at radius 2 is 1.95 bits per heavy atom. The zero-order chi connectivity index (χ0) is 15.2. The molecule has 0 saturated carbocycles. The van der Waals surface area contributed by atoms with Crippen LogP contribution in [0.4, 0.5) is 5.69 Å². The van der Waals surface area contributed by atoms with Crippen molar-refractivity contribution in [2.24, 2.45) is 0 Å². The average Bonchev–Trinajstić information content (AvgIpc) is 2.93. The van der Waals surface area contributed by atoms with Crippen molar-refractivity contribution in [3.05, 3.63) is 47.8 Å². The van der Waals surface area contributed by atoms with E-state index in [2.05, 4.69) is 10.2 Å². The zero-order valence-corrected chi connectivity index (χ0v) is 11.7. The predicted octanol–water partition coefficient (Wildman–Crippen LogP) is 1.77. The molecule has 0 bridgehead atoms. The first-order valence-electron chi connectivity index (χ1n) is 6.63. The number of nitrogens with zero attached hydrogens (tertiary/aromatic N) is 2. The zero-order valence-electron chi connectivity index (χ0n) is 11.7. The number of carboxylic acid groups (broad SMARTS) is 1. The van der Waals surface area contributed by atoms with Crippen molar-refractivity contribution >= 4 is 17.6 Å². The van der Waals surface area contributed by atoms with Gasteiger partial charge in [0.05, 0.1) is 12.8 Å². The van der Waals surface area contributed by atoms with Gasteiger partial charge in [-0.25, -0.2) is 0 Å². The number of hydrogen-bond acceptors (Lipinski definition) is 3. The average molecular weight is 287 g/mol. The van der Waals surface area contributed by atoms with E-state index in [1.165, 1.54) is 4.90 Å². The Labute approximate surface area is 122 Å². The molecule has 0 spiro atoms. The van der Waals surface area contributed by atoms with Crippen LogP contribution in [0.1, 0.15) is 17.7 Å². The van der Waals surface area contributed by atoms with E-state index in [-0.39, 0.29) is 25.3 Å². The molecule has 1 aromatic heterocycles. The quantitative estimate of drug-likeness (QED) is 0.847. The van der Waals surface area contributed by atoms with Crippen molar-refractivity contribution < 1.29 is 14.7 Å². The van der Waals surface area contributed by atoms with E-state index in [4.69, 9.17) is 5.11 Å². The number of aliphatic carboxylic acids is 1. The van der Waals surface area contributed by atoms with E-state index in [0.717, 1.165) is 5.56 Å². The molecule has 0 fully saturated rings. The number of benzene rings is 1. The van der Waals surface area contributed by atoms with Gasteiger partial charge in [-0.15, -0.1) is 0 Å². The Hall–Kier alpha value is -2.63. The molecule has 0 atom stereocenters. The summed E-state index contributed by atoms with van der Waals surface area (Å²) < 4.78 is 0. The number of hydrogen-bond donors (Lipinski definition) is 2. The predicted molar refractivity (Wildman–Crippen MR) is 78.1 cm³/mol. The third-order valence-corrected chi connectivity index (χ3v) is 3.10. The van der Waals surface area contributed by atoms with Crippen LogP contribution in [-0.2, 0) is 16.0 Å². The Morgan fingerprint density at radius 1 is 1.24 bits per heavy atom. The van der Waals surface area contributed by atoms with Crippen molar-refractivity contribution in [3.63, 3.8) is 0 Å². The van der Waals surface area contributed by atoms with Gasteiger partial charge in [0.1, 0.15) is 0 Å². The molecule has 110 valence electrons. The molecule has 0 radical (unpaired) electrons. The van der Waals surface area contributed by atoms with Crippen LogP contribution >= 0.6 is 0 Å². The van der Waals surface area contributed by atoms with Gasteiger partial charge in [-0.05, 0) is 25.1 Å². The summed E-state index contributed by atoms with van der Waals surface area (Å²) >= 11 is 0. The van der Waals surface area contributed by atoms with E-state index in [1.807, 2.05) is 31.2 Å². The summed E-state index contributed by atoms with van der Waals surface area (Å²) in [7, 11) is 0. The molecule has 21 heavy (non-hydrogen) atoms. The number of anilines is 1. The first kappa shape index (κ1) is 14.8. The second-order valence-corrected chi connectivity index (χ2v) is 4.78. The van der Waals surface area contributed by atoms with Crippen LogP contribution < -0.4 is 4.90 Å². The maximum absolute atomic E-state index is 12.4. The fourth-order valence-electron chi connectivity index (χ4n) is 1.97. The van der Waals surface area contributed by atoms with E-state index >= 15 is 0 Å². The minimum absolute atomic E-state index is 0.0947. The van der Waals surface area contributed by atoms with Gasteiger partial charge < -0.3 is 10.0 Å². The van der Waals surface area contributed by atoms with Crippen LogP contribution in [0.3, 0.4) is 0 Å². The van der Waals surface area contributed by atoms with Crippen molar-refractivity contribution in [1.29, 1.82) is 0 Å². The Bertz CT molecular complexity index is 606. The summed E-state index contributed by atoms with van der Waals surface area (Å²) in [6, 6.07) is 9.16. The molecule has 1 amide bonds. The number of carbonyl (C=O) groups is 2. The lowest BCUT2D eigenvalue weighted by Crippen LogP contribution is -2.34. The van der Waals surface area contributed by atoms with Crippen LogP contribution in [0.5, 0.6) is 0 Å². The molecule has 6 heteroatoms. The van der Waals surface area contributed by atoms with Crippen LogP contribution in [-0.4, -0.2) is 33.7 Å². The number of carbonyl (C=O) groups excluding carboxylic acids is 1. The maximum Gasteiger partial charge on any atom is 0.305 e. The summed E-state index contributed by atoms with van der Waals surface area (Å²) in [4.78, 5) is 24.7. The van der Waals surface area contributed by atoms with Gasteiger partial charge >= 0.3 is 5.97 Å². The molecule has 1 aromatic carbocycles. The monoisotopic (exact) mass is 287 g/mol. The van der Waals surface area contributed by atoms with Gasteiger partial charge in [0, 0.05) is 24.1 Å². The minimum atomic E-state index is -0.929. The number of aromatic amines is 1. The van der Waals surface area contributed by atoms with Gasteiger partial charge in [-0.2, -0.15) is 5.10 Å².